The van der Waals surface area contributed by atoms with Gasteiger partial charge in [-0.25, -0.2) is 0 Å². The fraction of sp³-hybridized carbons (Fsp3) is 1.00. The first-order valence-electron chi connectivity index (χ1n) is 4.59. The van der Waals surface area contributed by atoms with Gasteiger partial charge in [-0.3, -0.25) is 0 Å². The molecular weight excluding hydrogens is 156 g/mol. The molecule has 0 aromatic heterocycles. The Morgan fingerprint density at radius 2 is 1.75 bits per heavy atom. The zero-order chi connectivity index (χ0) is 9.30. The molecule has 3 heteroatoms. The van der Waals surface area contributed by atoms with Gasteiger partial charge in [0.05, 0.1) is 12.2 Å². The minimum Gasteiger partial charge on any atom is -0.392 e. The zero-order valence-corrected chi connectivity index (χ0v) is 7.90. The van der Waals surface area contributed by atoms with Crippen LogP contribution in [0.1, 0.15) is 27.2 Å². The molecule has 0 saturated carbocycles. The first-order valence-corrected chi connectivity index (χ1v) is 4.59. The summed E-state index contributed by atoms with van der Waals surface area (Å²) in [7, 11) is 0. The maximum absolute atomic E-state index is 9.68. The summed E-state index contributed by atoms with van der Waals surface area (Å²) in [5.41, 5.74) is 0. The van der Waals surface area contributed by atoms with Crippen LogP contribution in [0.3, 0.4) is 0 Å². The molecule has 1 unspecified atom stereocenters. The van der Waals surface area contributed by atoms with Crippen molar-refractivity contribution in [2.75, 3.05) is 0 Å². The monoisotopic (exact) mass is 174 g/mol. The van der Waals surface area contributed by atoms with E-state index in [1.54, 1.807) is 6.92 Å². The van der Waals surface area contributed by atoms with Gasteiger partial charge >= 0.3 is 0 Å². The van der Waals surface area contributed by atoms with Crippen LogP contribution in [0, 0.1) is 11.8 Å². The van der Waals surface area contributed by atoms with Crippen molar-refractivity contribution in [3.8, 4) is 0 Å². The highest BCUT2D eigenvalue weighted by Crippen LogP contribution is 2.30. The van der Waals surface area contributed by atoms with Crippen LogP contribution in [-0.2, 0) is 4.74 Å². The number of ether oxygens (including phenoxy) is 1. The van der Waals surface area contributed by atoms with Crippen LogP contribution in [0.2, 0.25) is 0 Å². The number of hydrogen-bond donors (Lipinski definition) is 2. The van der Waals surface area contributed by atoms with Crippen molar-refractivity contribution >= 4 is 0 Å². The fourth-order valence-electron chi connectivity index (χ4n) is 1.76. The summed E-state index contributed by atoms with van der Waals surface area (Å²) in [6, 6.07) is 0. The van der Waals surface area contributed by atoms with Crippen molar-refractivity contribution in [1.29, 1.82) is 0 Å². The summed E-state index contributed by atoms with van der Waals surface area (Å²) in [5, 5.41) is 19.1. The molecule has 5 atom stereocenters. The summed E-state index contributed by atoms with van der Waals surface area (Å²) in [6.07, 6.45) is -0.423. The van der Waals surface area contributed by atoms with Crippen molar-refractivity contribution in [2.24, 2.45) is 11.8 Å². The van der Waals surface area contributed by atoms with E-state index in [0.29, 0.717) is 0 Å². The van der Waals surface area contributed by atoms with E-state index in [1.807, 2.05) is 13.8 Å². The van der Waals surface area contributed by atoms with E-state index in [1.165, 1.54) is 0 Å². The lowest BCUT2D eigenvalue weighted by Crippen LogP contribution is -2.48. The minimum absolute atomic E-state index is 0.00815. The topological polar surface area (TPSA) is 49.7 Å². The van der Waals surface area contributed by atoms with Crippen LogP contribution < -0.4 is 0 Å². The van der Waals surface area contributed by atoms with Gasteiger partial charge in [-0.2, -0.15) is 0 Å². The molecule has 12 heavy (non-hydrogen) atoms. The summed E-state index contributed by atoms with van der Waals surface area (Å²) in [6.45, 7) is 5.76. The maximum Gasteiger partial charge on any atom is 0.159 e. The molecule has 0 bridgehead atoms. The Kier molecular flexibility index (Phi) is 3.09. The van der Waals surface area contributed by atoms with Gasteiger partial charge in [0.2, 0.25) is 0 Å². The van der Waals surface area contributed by atoms with Crippen LogP contribution in [0.4, 0.5) is 0 Å². The Morgan fingerprint density at radius 1 is 1.17 bits per heavy atom. The summed E-state index contributed by atoms with van der Waals surface area (Å²) >= 11 is 0. The molecule has 72 valence electrons. The number of rotatable bonds is 1. The average molecular weight is 174 g/mol. The largest absolute Gasteiger partial charge is 0.392 e. The molecular formula is C9H18O3. The van der Waals surface area contributed by atoms with Crippen LogP contribution in [0.25, 0.3) is 0 Å². The molecule has 1 aliphatic rings. The van der Waals surface area contributed by atoms with E-state index in [9.17, 15) is 10.2 Å². The zero-order valence-electron chi connectivity index (χ0n) is 7.90. The van der Waals surface area contributed by atoms with Gasteiger partial charge in [0.1, 0.15) is 0 Å². The second kappa shape index (κ2) is 3.73. The van der Waals surface area contributed by atoms with Crippen molar-refractivity contribution in [1.82, 2.24) is 0 Å². The van der Waals surface area contributed by atoms with E-state index in [4.69, 9.17) is 4.74 Å². The molecule has 0 aliphatic carbocycles. The lowest BCUT2D eigenvalue weighted by Gasteiger charge is -2.40. The van der Waals surface area contributed by atoms with Crippen LogP contribution in [0.15, 0.2) is 0 Å². The maximum atomic E-state index is 9.68. The molecule has 1 rings (SSSR count). The molecule has 1 saturated heterocycles. The van der Waals surface area contributed by atoms with Crippen molar-refractivity contribution in [2.45, 2.75) is 45.7 Å². The smallest absolute Gasteiger partial charge is 0.159 e. The van der Waals surface area contributed by atoms with Crippen LogP contribution >= 0.6 is 0 Å². The van der Waals surface area contributed by atoms with Crippen molar-refractivity contribution in [3.05, 3.63) is 0 Å². The quantitative estimate of drug-likeness (QED) is 0.616. The Hall–Kier alpha value is -0.120. The van der Waals surface area contributed by atoms with E-state index < -0.39 is 12.4 Å². The number of aliphatic hydroxyl groups is 2. The SMILES string of the molecule is CC[C@H]1OC(O)[C@H](C)[C@H](O)[C@@H]1C. The van der Waals surface area contributed by atoms with Crippen LogP contribution in [0.5, 0.6) is 0 Å². The summed E-state index contributed by atoms with van der Waals surface area (Å²) < 4.78 is 5.33. The van der Waals surface area contributed by atoms with Crippen LogP contribution in [-0.4, -0.2) is 28.7 Å². The summed E-state index contributed by atoms with van der Waals surface area (Å²) in [4.78, 5) is 0. The predicted molar refractivity (Wildman–Crippen MR) is 45.5 cm³/mol. The highest BCUT2D eigenvalue weighted by atomic mass is 16.6. The Labute approximate surface area is 73.4 Å². The highest BCUT2D eigenvalue weighted by Gasteiger charge is 2.38. The van der Waals surface area contributed by atoms with Crippen molar-refractivity contribution in [3.63, 3.8) is 0 Å². The molecule has 0 aromatic carbocycles. The molecule has 0 spiro atoms. The average Bonchev–Trinajstić information content (AvgIpc) is 2.08. The lowest BCUT2D eigenvalue weighted by molar-refractivity contribution is -0.241. The fourth-order valence-corrected chi connectivity index (χ4v) is 1.76. The number of hydrogen-bond acceptors (Lipinski definition) is 3. The first kappa shape index (κ1) is 9.96. The molecule has 1 heterocycles. The third-order valence-corrected chi connectivity index (χ3v) is 2.83. The normalized spacial score (nSPS) is 49.2. The molecule has 0 radical (unpaired) electrons. The summed E-state index contributed by atoms with van der Waals surface area (Å²) in [5.74, 6) is -0.0591. The minimum atomic E-state index is -0.804. The standard InChI is InChI=1S/C9H18O3/c1-4-7-5(2)8(10)6(3)9(11)12-7/h5-11H,4H2,1-3H3/t5-,6-,7-,8-,9?/m1/s1. The van der Waals surface area contributed by atoms with Gasteiger partial charge in [0, 0.05) is 11.8 Å². The van der Waals surface area contributed by atoms with Gasteiger partial charge in [0.15, 0.2) is 6.29 Å². The highest BCUT2D eigenvalue weighted by molar-refractivity contribution is 4.83. The van der Waals surface area contributed by atoms with E-state index >= 15 is 0 Å². The van der Waals surface area contributed by atoms with Gasteiger partial charge < -0.3 is 14.9 Å². The molecule has 2 N–H and O–H groups in total. The van der Waals surface area contributed by atoms with Gasteiger partial charge in [-0.15, -0.1) is 0 Å². The second-order valence-corrected chi connectivity index (χ2v) is 3.68. The molecule has 0 amide bonds. The molecule has 1 aliphatic heterocycles. The Morgan fingerprint density at radius 3 is 2.25 bits per heavy atom. The van der Waals surface area contributed by atoms with Gasteiger partial charge in [-0.05, 0) is 6.42 Å². The van der Waals surface area contributed by atoms with E-state index in [0.717, 1.165) is 6.42 Å². The molecule has 3 nitrogen and oxygen atoms in total. The molecule has 1 fully saturated rings. The Bertz CT molecular complexity index is 144. The predicted octanol–water partition coefficient (Wildman–Crippen LogP) is 0.747. The number of aliphatic hydroxyl groups excluding tert-OH is 2. The van der Waals surface area contributed by atoms with Crippen molar-refractivity contribution < 1.29 is 14.9 Å². The third-order valence-electron chi connectivity index (χ3n) is 2.83. The molecule has 0 aromatic rings. The first-order chi connectivity index (χ1) is 5.57. The third kappa shape index (κ3) is 1.63. The van der Waals surface area contributed by atoms with Gasteiger partial charge in [0.25, 0.3) is 0 Å². The Balaban J connectivity index is 2.63. The second-order valence-electron chi connectivity index (χ2n) is 3.68. The van der Waals surface area contributed by atoms with E-state index in [-0.39, 0.29) is 17.9 Å². The lowest BCUT2D eigenvalue weighted by atomic mass is 9.85. The van der Waals surface area contributed by atoms with Gasteiger partial charge in [-0.1, -0.05) is 20.8 Å². The van der Waals surface area contributed by atoms with E-state index in [2.05, 4.69) is 0 Å².